The third kappa shape index (κ3) is 3.47. The number of hydrogen-bond acceptors (Lipinski definition) is 5. The number of hydrazone groups is 1. The van der Waals surface area contributed by atoms with E-state index in [1.807, 2.05) is 0 Å². The number of nitrogens with one attached hydrogen (secondary N) is 1. The van der Waals surface area contributed by atoms with E-state index >= 15 is 0 Å². The molecule has 3 amide bonds. The topological polar surface area (TPSA) is 88.1 Å². The number of nitrogens with zero attached hydrogens (tertiary/aromatic N) is 2. The molecular formula is C19H23N3O4. The first-order valence-corrected chi connectivity index (χ1v) is 8.98. The Morgan fingerprint density at radius 3 is 2.27 bits per heavy atom. The molecule has 1 aromatic carbocycles. The Balaban J connectivity index is 1.73. The molecule has 1 aromatic rings. The number of anilines is 1. The van der Waals surface area contributed by atoms with E-state index in [-0.39, 0.29) is 30.3 Å². The Morgan fingerprint density at radius 2 is 1.73 bits per heavy atom. The van der Waals surface area contributed by atoms with Gasteiger partial charge in [-0.2, -0.15) is 5.10 Å². The van der Waals surface area contributed by atoms with Crippen molar-refractivity contribution < 1.29 is 19.1 Å². The summed E-state index contributed by atoms with van der Waals surface area (Å²) in [5.41, 5.74) is 4.27. The normalized spacial score (nSPS) is 23.0. The highest BCUT2D eigenvalue weighted by atomic mass is 16.5. The van der Waals surface area contributed by atoms with Gasteiger partial charge >= 0.3 is 6.09 Å². The summed E-state index contributed by atoms with van der Waals surface area (Å²) < 4.78 is 4.75. The summed E-state index contributed by atoms with van der Waals surface area (Å²) in [5.74, 6) is -0.482. The van der Waals surface area contributed by atoms with E-state index in [0.717, 1.165) is 31.2 Å². The van der Waals surface area contributed by atoms with Crippen molar-refractivity contribution in [3.05, 3.63) is 29.8 Å². The van der Waals surface area contributed by atoms with Crippen LogP contribution in [0.15, 0.2) is 29.4 Å². The van der Waals surface area contributed by atoms with Gasteiger partial charge in [0.05, 0.1) is 29.8 Å². The molecule has 1 aliphatic heterocycles. The molecule has 1 saturated heterocycles. The number of hydrogen-bond donors (Lipinski definition) is 1. The van der Waals surface area contributed by atoms with Crippen LogP contribution >= 0.6 is 0 Å². The van der Waals surface area contributed by atoms with Crippen LogP contribution in [-0.2, 0) is 14.3 Å². The predicted octanol–water partition coefficient (Wildman–Crippen LogP) is 2.84. The first-order chi connectivity index (χ1) is 12.5. The fourth-order valence-corrected chi connectivity index (χ4v) is 3.63. The Labute approximate surface area is 152 Å². The first-order valence-electron chi connectivity index (χ1n) is 8.98. The van der Waals surface area contributed by atoms with Crippen molar-refractivity contribution in [1.82, 2.24) is 5.43 Å². The van der Waals surface area contributed by atoms with Gasteiger partial charge in [-0.15, -0.1) is 0 Å². The maximum atomic E-state index is 12.6. The second-order valence-electron chi connectivity index (χ2n) is 6.59. The van der Waals surface area contributed by atoms with E-state index in [1.165, 1.54) is 4.90 Å². The Kier molecular flexibility index (Phi) is 5.35. The zero-order valence-electron chi connectivity index (χ0n) is 15.0. The van der Waals surface area contributed by atoms with E-state index in [4.69, 9.17) is 4.74 Å². The maximum absolute atomic E-state index is 12.6. The van der Waals surface area contributed by atoms with Gasteiger partial charge in [0.1, 0.15) is 0 Å². The zero-order chi connectivity index (χ0) is 18.7. The molecule has 1 aliphatic carbocycles. The van der Waals surface area contributed by atoms with Crippen molar-refractivity contribution in [3.63, 3.8) is 0 Å². The summed E-state index contributed by atoms with van der Waals surface area (Å²) in [6.45, 7) is 3.74. The van der Waals surface area contributed by atoms with Gasteiger partial charge in [0, 0.05) is 0 Å². The number of rotatable bonds is 4. The highest BCUT2D eigenvalue weighted by molar-refractivity contribution is 6.22. The molecule has 1 heterocycles. The monoisotopic (exact) mass is 357 g/mol. The lowest BCUT2D eigenvalue weighted by Crippen LogP contribution is -2.30. The van der Waals surface area contributed by atoms with E-state index in [9.17, 15) is 14.4 Å². The highest BCUT2D eigenvalue weighted by Gasteiger charge is 2.48. The molecule has 2 atom stereocenters. The van der Waals surface area contributed by atoms with Crippen molar-refractivity contribution in [2.75, 3.05) is 11.5 Å². The van der Waals surface area contributed by atoms with Gasteiger partial charge in [-0.25, -0.2) is 10.2 Å². The van der Waals surface area contributed by atoms with Crippen LogP contribution in [0.4, 0.5) is 10.5 Å². The van der Waals surface area contributed by atoms with E-state index in [1.54, 1.807) is 38.1 Å². The van der Waals surface area contributed by atoms with Crippen LogP contribution in [0.2, 0.25) is 0 Å². The number of carbonyl (C=O) groups is 3. The van der Waals surface area contributed by atoms with Crippen LogP contribution in [0.1, 0.15) is 45.1 Å². The molecule has 0 unspecified atom stereocenters. The van der Waals surface area contributed by atoms with Crippen molar-refractivity contribution in [2.24, 2.45) is 16.9 Å². The summed E-state index contributed by atoms with van der Waals surface area (Å²) >= 11 is 0. The standard InChI is InChI=1S/C19H23N3O4/c1-3-26-19(25)21-20-12(2)13-8-10-14(11-9-13)22-17(23)15-6-4-5-7-16(15)18(22)24/h8-11,15-16H,3-7H2,1-2H3,(H,21,25)/b20-12+/t15-,16-/m1/s1. The lowest BCUT2D eigenvalue weighted by Gasteiger charge is -2.19. The highest BCUT2D eigenvalue weighted by Crippen LogP contribution is 2.40. The molecule has 0 spiro atoms. The quantitative estimate of drug-likeness (QED) is 0.510. The molecular weight excluding hydrogens is 334 g/mol. The number of carbonyl (C=O) groups excluding carboxylic acids is 3. The van der Waals surface area contributed by atoms with Crippen LogP contribution < -0.4 is 10.3 Å². The largest absolute Gasteiger partial charge is 0.449 e. The average Bonchev–Trinajstić information content (AvgIpc) is 2.91. The van der Waals surface area contributed by atoms with E-state index < -0.39 is 6.09 Å². The fourth-order valence-electron chi connectivity index (χ4n) is 3.63. The molecule has 7 nitrogen and oxygen atoms in total. The molecule has 2 aliphatic rings. The van der Waals surface area contributed by atoms with Crippen molar-refractivity contribution in [3.8, 4) is 0 Å². The van der Waals surface area contributed by atoms with Crippen LogP contribution in [0.3, 0.4) is 0 Å². The summed E-state index contributed by atoms with van der Waals surface area (Å²) in [4.78, 5) is 37.9. The number of ether oxygens (including phenoxy) is 1. The number of imide groups is 1. The minimum absolute atomic E-state index is 0.0817. The van der Waals surface area contributed by atoms with E-state index in [0.29, 0.717) is 11.4 Å². The van der Waals surface area contributed by atoms with Gasteiger partial charge in [-0.1, -0.05) is 25.0 Å². The third-order valence-electron chi connectivity index (χ3n) is 4.97. The van der Waals surface area contributed by atoms with Crippen molar-refractivity contribution >= 4 is 29.3 Å². The van der Waals surface area contributed by atoms with Gasteiger partial charge < -0.3 is 4.74 Å². The maximum Gasteiger partial charge on any atom is 0.427 e. The van der Waals surface area contributed by atoms with Crippen LogP contribution in [0.5, 0.6) is 0 Å². The lowest BCUT2D eigenvalue weighted by molar-refractivity contribution is -0.122. The molecule has 7 heteroatoms. The van der Waals surface area contributed by atoms with Crippen LogP contribution in [0, 0.1) is 11.8 Å². The third-order valence-corrected chi connectivity index (χ3v) is 4.97. The van der Waals surface area contributed by atoms with Crippen LogP contribution in [0.25, 0.3) is 0 Å². The van der Waals surface area contributed by atoms with Crippen molar-refractivity contribution in [1.29, 1.82) is 0 Å². The molecule has 1 N–H and O–H groups in total. The average molecular weight is 357 g/mol. The second-order valence-corrected chi connectivity index (χ2v) is 6.59. The minimum atomic E-state index is -0.612. The number of fused-ring (bicyclic) bond motifs is 1. The van der Waals surface area contributed by atoms with Gasteiger partial charge in [0.25, 0.3) is 0 Å². The molecule has 1 saturated carbocycles. The summed E-state index contributed by atoms with van der Waals surface area (Å²) in [5, 5.41) is 3.97. The molecule has 3 rings (SSSR count). The Morgan fingerprint density at radius 1 is 1.15 bits per heavy atom. The summed E-state index contributed by atoms with van der Waals surface area (Å²) in [7, 11) is 0. The number of benzene rings is 1. The van der Waals surface area contributed by atoms with Crippen LogP contribution in [-0.4, -0.2) is 30.2 Å². The summed E-state index contributed by atoms with van der Waals surface area (Å²) in [6.07, 6.45) is 3.01. The molecule has 26 heavy (non-hydrogen) atoms. The first kappa shape index (κ1) is 18.1. The van der Waals surface area contributed by atoms with E-state index in [2.05, 4.69) is 10.5 Å². The molecule has 138 valence electrons. The molecule has 0 radical (unpaired) electrons. The second kappa shape index (κ2) is 7.68. The lowest BCUT2D eigenvalue weighted by atomic mass is 9.81. The SMILES string of the molecule is CCOC(=O)N/N=C(\C)c1ccc(N2C(=O)[C@@H]3CCCC[C@H]3C2=O)cc1. The fraction of sp³-hybridized carbons (Fsp3) is 0.474. The Hall–Kier alpha value is -2.70. The van der Waals surface area contributed by atoms with Gasteiger partial charge in [-0.3, -0.25) is 14.5 Å². The molecule has 0 aromatic heterocycles. The van der Waals surface area contributed by atoms with Gasteiger partial charge in [-0.05, 0) is 44.4 Å². The van der Waals surface area contributed by atoms with Crippen molar-refractivity contribution in [2.45, 2.75) is 39.5 Å². The number of amides is 3. The summed E-state index contributed by atoms with van der Waals surface area (Å²) in [6, 6.07) is 7.05. The molecule has 2 fully saturated rings. The Bertz CT molecular complexity index is 718. The molecule has 0 bridgehead atoms. The minimum Gasteiger partial charge on any atom is -0.449 e. The smallest absolute Gasteiger partial charge is 0.427 e. The predicted molar refractivity (Wildman–Crippen MR) is 96.8 cm³/mol. The zero-order valence-corrected chi connectivity index (χ0v) is 15.0. The van der Waals surface area contributed by atoms with Gasteiger partial charge in [0.15, 0.2) is 0 Å². The van der Waals surface area contributed by atoms with Gasteiger partial charge in [0.2, 0.25) is 11.8 Å².